The molecule has 0 spiro atoms. The second-order valence-corrected chi connectivity index (χ2v) is 5.47. The van der Waals surface area contributed by atoms with Crippen molar-refractivity contribution >= 4 is 23.6 Å². The predicted octanol–water partition coefficient (Wildman–Crippen LogP) is 3.22. The second-order valence-electron chi connectivity index (χ2n) is 5.47. The number of aliphatic carboxylic acids is 1. The zero-order chi connectivity index (χ0) is 18.2. The van der Waals surface area contributed by atoms with E-state index in [1.54, 1.807) is 36.4 Å². The first kappa shape index (κ1) is 18.5. The number of allylic oxidation sites excluding steroid dienone is 4. The first-order valence-corrected chi connectivity index (χ1v) is 8.10. The average Bonchev–Trinajstić information content (AvgIpc) is 2.61. The monoisotopic (exact) mass is 340 g/mol. The fraction of sp³-hybridized carbons (Fsp3) is 0.250. The minimum Gasteiger partial charge on any atom is -0.478 e. The fourth-order valence-corrected chi connectivity index (χ4v) is 2.47. The summed E-state index contributed by atoms with van der Waals surface area (Å²) in [6.07, 6.45) is 6.78. The van der Waals surface area contributed by atoms with Gasteiger partial charge >= 0.3 is 5.97 Å². The van der Waals surface area contributed by atoms with Gasteiger partial charge in [0.15, 0.2) is 11.6 Å². The summed E-state index contributed by atoms with van der Waals surface area (Å²) < 4.78 is 5.21. The maximum Gasteiger partial charge on any atom is 0.331 e. The molecule has 1 aliphatic rings. The molecule has 0 radical (unpaired) electrons. The van der Waals surface area contributed by atoms with Crippen LogP contribution in [-0.4, -0.2) is 35.9 Å². The Bertz CT molecular complexity index is 768. The van der Waals surface area contributed by atoms with Crippen molar-refractivity contribution in [3.63, 3.8) is 0 Å². The van der Waals surface area contributed by atoms with Gasteiger partial charge in [-0.05, 0) is 24.6 Å². The summed E-state index contributed by atoms with van der Waals surface area (Å²) in [5.41, 5.74) is 1.06. The summed E-state index contributed by atoms with van der Waals surface area (Å²) in [6.45, 7) is 2.63. The van der Waals surface area contributed by atoms with E-state index in [2.05, 4.69) is 0 Å². The van der Waals surface area contributed by atoms with Gasteiger partial charge in [0, 0.05) is 30.6 Å². The summed E-state index contributed by atoms with van der Waals surface area (Å²) in [6, 6.07) is 6.68. The van der Waals surface area contributed by atoms with Gasteiger partial charge in [0.05, 0.1) is 12.2 Å². The lowest BCUT2D eigenvalue weighted by atomic mass is 9.92. The number of rotatable bonds is 8. The highest BCUT2D eigenvalue weighted by Gasteiger charge is 2.22. The summed E-state index contributed by atoms with van der Waals surface area (Å²) in [4.78, 5) is 36.1. The Hall–Kier alpha value is -2.79. The van der Waals surface area contributed by atoms with E-state index in [9.17, 15) is 19.5 Å². The molecule has 0 aliphatic heterocycles. The van der Waals surface area contributed by atoms with E-state index in [1.165, 1.54) is 12.2 Å². The lowest BCUT2D eigenvalue weighted by Crippen LogP contribution is -2.15. The Balaban J connectivity index is 2.36. The molecular weight excluding hydrogens is 320 g/mol. The van der Waals surface area contributed by atoms with E-state index in [0.29, 0.717) is 24.3 Å². The molecule has 0 amide bonds. The molecule has 2 rings (SSSR count). The summed E-state index contributed by atoms with van der Waals surface area (Å²) in [7, 11) is 0. The van der Waals surface area contributed by atoms with Gasteiger partial charge in [0.25, 0.3) is 0 Å². The van der Waals surface area contributed by atoms with Crippen LogP contribution in [0.5, 0.6) is 0 Å². The Morgan fingerprint density at radius 1 is 1.28 bits per heavy atom. The Labute approximate surface area is 146 Å². The number of carbonyl (C=O) groups excluding carboxylic acids is 2. The number of ketones is 2. The van der Waals surface area contributed by atoms with Crippen LogP contribution in [0, 0.1) is 0 Å². The summed E-state index contributed by atoms with van der Waals surface area (Å²) in [5.74, 6) is -1.69. The Kier molecular flexibility index (Phi) is 6.60. The van der Waals surface area contributed by atoms with E-state index in [0.717, 1.165) is 0 Å². The Morgan fingerprint density at radius 2 is 2.04 bits per heavy atom. The van der Waals surface area contributed by atoms with Crippen LogP contribution >= 0.6 is 0 Å². The van der Waals surface area contributed by atoms with Crippen LogP contribution in [-0.2, 0) is 14.3 Å². The number of benzene rings is 1. The van der Waals surface area contributed by atoms with Crippen LogP contribution in [0.1, 0.15) is 35.7 Å². The van der Waals surface area contributed by atoms with Crippen molar-refractivity contribution < 1.29 is 24.2 Å². The number of ether oxygens (including phenoxy) is 1. The van der Waals surface area contributed by atoms with Crippen molar-refractivity contribution in [2.24, 2.45) is 0 Å². The molecule has 0 heterocycles. The second kappa shape index (κ2) is 8.89. The molecule has 5 nitrogen and oxygen atoms in total. The molecule has 0 saturated carbocycles. The summed E-state index contributed by atoms with van der Waals surface area (Å²) >= 11 is 0. The van der Waals surface area contributed by atoms with Gasteiger partial charge in [-0.2, -0.15) is 0 Å². The van der Waals surface area contributed by atoms with Crippen molar-refractivity contribution in [3.8, 4) is 0 Å². The Morgan fingerprint density at radius 3 is 2.72 bits per heavy atom. The third-order valence-electron chi connectivity index (χ3n) is 3.78. The molecule has 130 valence electrons. The largest absolute Gasteiger partial charge is 0.478 e. The third kappa shape index (κ3) is 4.84. The standard InChI is InChI=1S/C20H20O5/c1-2-25-12-11-15(20(23)24)13-14-7-3-4-8-16(14)19(22)17-9-5-6-10-18(17)21/h3-9,13H,2,10-12H2,1H3,(H,23,24). The smallest absolute Gasteiger partial charge is 0.331 e. The SMILES string of the molecule is CCOCCC(=Cc1ccccc1C(=O)C1=CC=CCC1=O)C(=O)O. The zero-order valence-electron chi connectivity index (χ0n) is 14.0. The van der Waals surface area contributed by atoms with Crippen LogP contribution in [0.4, 0.5) is 0 Å². The van der Waals surface area contributed by atoms with Gasteiger partial charge in [-0.1, -0.05) is 36.4 Å². The van der Waals surface area contributed by atoms with Crippen LogP contribution in [0.25, 0.3) is 6.08 Å². The van der Waals surface area contributed by atoms with Gasteiger partial charge in [-0.15, -0.1) is 0 Å². The molecule has 0 atom stereocenters. The molecule has 1 aliphatic carbocycles. The molecule has 1 aromatic carbocycles. The molecule has 0 fully saturated rings. The molecule has 5 heteroatoms. The topological polar surface area (TPSA) is 80.7 Å². The number of Topliss-reactive ketones (excluding diaryl/α,β-unsaturated/α-hetero) is 2. The van der Waals surface area contributed by atoms with Crippen LogP contribution in [0.2, 0.25) is 0 Å². The van der Waals surface area contributed by atoms with Gasteiger partial charge in [-0.3, -0.25) is 9.59 Å². The highest BCUT2D eigenvalue weighted by Crippen LogP contribution is 2.21. The number of carboxylic acid groups (broad SMARTS) is 1. The molecule has 25 heavy (non-hydrogen) atoms. The maximum atomic E-state index is 12.7. The average molecular weight is 340 g/mol. The predicted molar refractivity (Wildman–Crippen MR) is 94.3 cm³/mol. The van der Waals surface area contributed by atoms with Crippen LogP contribution < -0.4 is 0 Å². The molecule has 0 saturated heterocycles. The van der Waals surface area contributed by atoms with Crippen molar-refractivity contribution in [1.82, 2.24) is 0 Å². The number of carboxylic acids is 1. The van der Waals surface area contributed by atoms with Crippen molar-refractivity contribution in [3.05, 3.63) is 64.8 Å². The quantitative estimate of drug-likeness (QED) is 0.340. The molecule has 0 bridgehead atoms. The van der Waals surface area contributed by atoms with E-state index in [4.69, 9.17) is 4.74 Å². The third-order valence-corrected chi connectivity index (χ3v) is 3.78. The van der Waals surface area contributed by atoms with E-state index >= 15 is 0 Å². The fourth-order valence-electron chi connectivity index (χ4n) is 2.47. The number of hydrogen-bond acceptors (Lipinski definition) is 4. The van der Waals surface area contributed by atoms with Gasteiger partial charge in [0.2, 0.25) is 0 Å². The molecule has 1 aromatic rings. The zero-order valence-corrected chi connectivity index (χ0v) is 14.0. The highest BCUT2D eigenvalue weighted by atomic mass is 16.5. The van der Waals surface area contributed by atoms with Crippen LogP contribution in [0.15, 0.2) is 53.6 Å². The highest BCUT2D eigenvalue weighted by molar-refractivity contribution is 6.28. The van der Waals surface area contributed by atoms with E-state index in [1.807, 2.05) is 6.92 Å². The van der Waals surface area contributed by atoms with Crippen molar-refractivity contribution in [1.29, 1.82) is 0 Å². The lowest BCUT2D eigenvalue weighted by Gasteiger charge is -2.10. The van der Waals surface area contributed by atoms with Gasteiger partial charge in [0.1, 0.15) is 0 Å². The van der Waals surface area contributed by atoms with Crippen molar-refractivity contribution in [2.45, 2.75) is 19.8 Å². The van der Waals surface area contributed by atoms with Crippen molar-refractivity contribution in [2.75, 3.05) is 13.2 Å². The first-order valence-electron chi connectivity index (χ1n) is 8.10. The van der Waals surface area contributed by atoms with Crippen LogP contribution in [0.3, 0.4) is 0 Å². The normalized spacial score (nSPS) is 14.4. The van der Waals surface area contributed by atoms with E-state index in [-0.39, 0.29) is 29.8 Å². The maximum absolute atomic E-state index is 12.7. The summed E-state index contributed by atoms with van der Waals surface area (Å²) in [5, 5.41) is 9.37. The minimum absolute atomic E-state index is 0.120. The van der Waals surface area contributed by atoms with Gasteiger partial charge in [-0.25, -0.2) is 4.79 Å². The number of carbonyl (C=O) groups is 3. The minimum atomic E-state index is -1.06. The lowest BCUT2D eigenvalue weighted by molar-refractivity contribution is -0.132. The number of hydrogen-bond donors (Lipinski definition) is 1. The van der Waals surface area contributed by atoms with Gasteiger partial charge < -0.3 is 9.84 Å². The molecule has 0 aromatic heterocycles. The molecular formula is C20H20O5. The van der Waals surface area contributed by atoms with E-state index < -0.39 is 11.8 Å². The molecule has 0 unspecified atom stereocenters. The molecule has 1 N–H and O–H groups in total. The first-order chi connectivity index (χ1) is 12.0.